The number of nitrogens with zero attached hydrogens (tertiary/aromatic N) is 1. The highest BCUT2D eigenvalue weighted by Crippen LogP contribution is 2.07. The van der Waals surface area contributed by atoms with E-state index >= 15 is 0 Å². The zero-order valence-corrected chi connectivity index (χ0v) is 8.40. The second kappa shape index (κ2) is 4.65. The van der Waals surface area contributed by atoms with Gasteiger partial charge in [0.05, 0.1) is 6.10 Å². The smallest absolute Gasteiger partial charge is 0.329 e. The quantitative estimate of drug-likeness (QED) is 0.393. The second-order valence-corrected chi connectivity index (χ2v) is 3.24. The molecule has 0 radical (unpaired) electrons. The second-order valence-electron chi connectivity index (χ2n) is 3.24. The molecule has 0 aliphatic rings. The Labute approximate surface area is 79.5 Å². The molecule has 0 amide bonds. The van der Waals surface area contributed by atoms with Gasteiger partial charge in [0.15, 0.2) is 0 Å². The number of hydrogen-bond acceptors (Lipinski definition) is 1. The summed E-state index contributed by atoms with van der Waals surface area (Å²) in [5, 5.41) is 0. The number of benzene rings is 1. The number of rotatable bonds is 3. The average Bonchev–Trinajstić information content (AvgIpc) is 2.15. The van der Waals surface area contributed by atoms with Crippen LogP contribution in [0.3, 0.4) is 0 Å². The van der Waals surface area contributed by atoms with E-state index in [9.17, 15) is 0 Å². The predicted octanol–water partition coefficient (Wildman–Crippen LogP) is 2.41. The van der Waals surface area contributed by atoms with Crippen LogP contribution in [0.15, 0.2) is 30.3 Å². The van der Waals surface area contributed by atoms with E-state index in [1.165, 1.54) is 0 Å². The van der Waals surface area contributed by atoms with Crippen molar-refractivity contribution in [2.45, 2.75) is 20.0 Å². The lowest BCUT2D eigenvalue weighted by atomic mass is 10.3. The molecule has 0 saturated heterocycles. The van der Waals surface area contributed by atoms with Gasteiger partial charge in [-0.25, -0.2) is 0 Å². The third-order valence-electron chi connectivity index (χ3n) is 1.65. The van der Waals surface area contributed by atoms with Gasteiger partial charge in [0.25, 0.3) is 0 Å². The zero-order valence-electron chi connectivity index (χ0n) is 8.40. The topological polar surface area (TPSA) is 12.2 Å². The molecule has 1 aromatic carbocycles. The fourth-order valence-corrected chi connectivity index (χ4v) is 0.937. The van der Waals surface area contributed by atoms with E-state index in [1.807, 2.05) is 55.8 Å². The van der Waals surface area contributed by atoms with Crippen molar-refractivity contribution < 1.29 is 9.31 Å². The van der Waals surface area contributed by atoms with Gasteiger partial charge in [-0.15, -0.1) is 0 Å². The van der Waals surface area contributed by atoms with Crippen molar-refractivity contribution in [3.8, 4) is 0 Å². The minimum Gasteiger partial charge on any atom is -0.447 e. The third kappa shape index (κ3) is 3.28. The Bertz CT molecular complexity index is 277. The standard InChI is InChI=1S/C11H16NO/c1-10(2)13-9-12(3)11-7-5-4-6-8-11/h4-10H,1-3H3/q+1. The first-order valence-corrected chi connectivity index (χ1v) is 4.47. The molecule has 13 heavy (non-hydrogen) atoms. The fraction of sp³-hybridized carbons (Fsp3) is 0.364. The van der Waals surface area contributed by atoms with Gasteiger partial charge in [-0.3, -0.25) is 0 Å². The molecule has 0 atom stereocenters. The molecule has 1 aromatic rings. The van der Waals surface area contributed by atoms with Crippen LogP contribution in [0.2, 0.25) is 0 Å². The van der Waals surface area contributed by atoms with Crippen molar-refractivity contribution in [3.63, 3.8) is 0 Å². The Hall–Kier alpha value is -1.31. The Kier molecular flexibility index (Phi) is 3.50. The molecule has 0 N–H and O–H groups in total. The highest BCUT2D eigenvalue weighted by molar-refractivity contribution is 5.44. The lowest BCUT2D eigenvalue weighted by molar-refractivity contribution is -0.410. The first kappa shape index (κ1) is 9.78. The van der Waals surface area contributed by atoms with Gasteiger partial charge < -0.3 is 4.74 Å². The third-order valence-corrected chi connectivity index (χ3v) is 1.65. The molecule has 2 nitrogen and oxygen atoms in total. The lowest BCUT2D eigenvalue weighted by Crippen LogP contribution is -2.07. The molecule has 0 aromatic heterocycles. The zero-order chi connectivity index (χ0) is 9.68. The number of ether oxygens (including phenoxy) is 1. The summed E-state index contributed by atoms with van der Waals surface area (Å²) in [6.07, 6.45) is 1.96. The maximum Gasteiger partial charge on any atom is 0.329 e. The maximum absolute atomic E-state index is 5.36. The highest BCUT2D eigenvalue weighted by atomic mass is 16.5. The summed E-state index contributed by atoms with van der Waals surface area (Å²) in [6.45, 7) is 4.02. The van der Waals surface area contributed by atoms with Crippen molar-refractivity contribution in [3.05, 3.63) is 30.3 Å². The molecular weight excluding hydrogens is 162 g/mol. The largest absolute Gasteiger partial charge is 0.447 e. The molecule has 0 unspecified atom stereocenters. The molecule has 0 spiro atoms. The highest BCUT2D eigenvalue weighted by Gasteiger charge is 2.01. The van der Waals surface area contributed by atoms with E-state index < -0.39 is 0 Å². The van der Waals surface area contributed by atoms with Crippen LogP contribution >= 0.6 is 0 Å². The van der Waals surface area contributed by atoms with Crippen LogP contribution in [0.5, 0.6) is 0 Å². The van der Waals surface area contributed by atoms with Gasteiger partial charge in [0, 0.05) is 12.1 Å². The van der Waals surface area contributed by atoms with Gasteiger partial charge in [0.2, 0.25) is 5.69 Å². The SMILES string of the molecule is CC(C)OC=[N+](C)c1ccccc1. The van der Waals surface area contributed by atoms with E-state index in [0.717, 1.165) is 5.69 Å². The van der Waals surface area contributed by atoms with Crippen LogP contribution < -0.4 is 0 Å². The Balaban J connectivity index is 2.68. The van der Waals surface area contributed by atoms with E-state index in [4.69, 9.17) is 4.74 Å². The summed E-state index contributed by atoms with van der Waals surface area (Å²) in [5.74, 6) is 0. The van der Waals surface area contributed by atoms with Gasteiger partial charge >= 0.3 is 6.40 Å². The summed E-state index contributed by atoms with van der Waals surface area (Å²) in [6, 6.07) is 10.1. The van der Waals surface area contributed by atoms with Crippen LogP contribution in [0.4, 0.5) is 5.69 Å². The van der Waals surface area contributed by atoms with Crippen LogP contribution in [-0.4, -0.2) is 24.1 Å². The molecule has 0 aliphatic carbocycles. The molecule has 1 rings (SSSR count). The maximum atomic E-state index is 5.36. The van der Waals surface area contributed by atoms with E-state index in [2.05, 4.69) is 0 Å². The van der Waals surface area contributed by atoms with Crippen LogP contribution in [0.1, 0.15) is 13.8 Å². The molecule has 0 bridgehead atoms. The molecule has 70 valence electrons. The van der Waals surface area contributed by atoms with Crippen LogP contribution in [0.25, 0.3) is 0 Å². The van der Waals surface area contributed by atoms with E-state index in [0.29, 0.717) is 0 Å². The van der Waals surface area contributed by atoms with Gasteiger partial charge in [-0.2, -0.15) is 4.58 Å². The minimum absolute atomic E-state index is 0.228. The summed E-state index contributed by atoms with van der Waals surface area (Å²) in [7, 11) is 1.97. The monoisotopic (exact) mass is 178 g/mol. The minimum atomic E-state index is 0.228. The lowest BCUT2D eigenvalue weighted by Gasteiger charge is -2.01. The Morgan fingerprint density at radius 2 is 1.85 bits per heavy atom. The Morgan fingerprint density at radius 1 is 1.23 bits per heavy atom. The van der Waals surface area contributed by atoms with Crippen LogP contribution in [-0.2, 0) is 4.74 Å². The first-order chi connectivity index (χ1) is 6.20. The summed E-state index contributed by atoms with van der Waals surface area (Å²) >= 11 is 0. The van der Waals surface area contributed by atoms with Gasteiger partial charge in [-0.05, 0) is 13.8 Å². The normalized spacial score (nSPS) is 11.8. The first-order valence-electron chi connectivity index (χ1n) is 4.47. The summed E-state index contributed by atoms with van der Waals surface area (Å²) in [5.41, 5.74) is 1.13. The van der Waals surface area contributed by atoms with Crippen molar-refractivity contribution in [2.24, 2.45) is 0 Å². The molecule has 0 aliphatic heterocycles. The molecule has 2 heteroatoms. The van der Waals surface area contributed by atoms with Crippen molar-refractivity contribution in [1.82, 2.24) is 0 Å². The van der Waals surface area contributed by atoms with E-state index in [1.54, 1.807) is 6.40 Å². The molecule has 0 heterocycles. The average molecular weight is 178 g/mol. The van der Waals surface area contributed by atoms with Crippen molar-refractivity contribution in [1.29, 1.82) is 0 Å². The summed E-state index contributed by atoms with van der Waals surface area (Å²) < 4.78 is 7.32. The summed E-state index contributed by atoms with van der Waals surface area (Å²) in [4.78, 5) is 0. The van der Waals surface area contributed by atoms with Crippen molar-refractivity contribution >= 4 is 12.1 Å². The Morgan fingerprint density at radius 3 is 2.38 bits per heavy atom. The van der Waals surface area contributed by atoms with E-state index in [-0.39, 0.29) is 6.10 Å². The predicted molar refractivity (Wildman–Crippen MR) is 54.6 cm³/mol. The molecular formula is C11H16NO+. The van der Waals surface area contributed by atoms with Crippen molar-refractivity contribution in [2.75, 3.05) is 7.05 Å². The van der Waals surface area contributed by atoms with Gasteiger partial charge in [0.1, 0.15) is 7.05 Å². The fourth-order valence-electron chi connectivity index (χ4n) is 0.937. The number of hydrogen-bond donors (Lipinski definition) is 0. The number of para-hydroxylation sites is 1. The molecule has 0 fully saturated rings. The van der Waals surface area contributed by atoms with Crippen LogP contribution in [0, 0.1) is 0 Å². The van der Waals surface area contributed by atoms with Gasteiger partial charge in [-0.1, -0.05) is 18.2 Å². The molecule has 0 saturated carbocycles.